The van der Waals surface area contributed by atoms with Crippen LogP contribution in [0.25, 0.3) is 0 Å². The second kappa shape index (κ2) is 6.71. The van der Waals surface area contributed by atoms with E-state index in [2.05, 4.69) is 5.32 Å². The third-order valence-electron chi connectivity index (χ3n) is 3.58. The molecule has 0 spiro atoms. The van der Waals surface area contributed by atoms with Crippen LogP contribution in [0.3, 0.4) is 0 Å². The molecule has 0 aromatic heterocycles. The van der Waals surface area contributed by atoms with Gasteiger partial charge in [0.25, 0.3) is 5.91 Å². The molecule has 0 saturated carbocycles. The molecule has 5 nitrogen and oxygen atoms in total. The molecular weight excluding hydrogens is 351 g/mol. The monoisotopic (exact) mass is 364 g/mol. The molecule has 0 aliphatic carbocycles. The average molecular weight is 365 g/mol. The molecular formula is C17H14Cl2N2O3. The van der Waals surface area contributed by atoms with Crippen molar-refractivity contribution in [1.82, 2.24) is 0 Å². The second-order valence-corrected chi connectivity index (χ2v) is 6.17. The van der Waals surface area contributed by atoms with E-state index in [1.54, 1.807) is 24.3 Å². The minimum Gasteiger partial charge on any atom is -0.482 e. The molecule has 0 fully saturated rings. The Labute approximate surface area is 149 Å². The van der Waals surface area contributed by atoms with Gasteiger partial charge in [-0.3, -0.25) is 14.5 Å². The molecule has 124 valence electrons. The maximum Gasteiger partial charge on any atom is 0.265 e. The molecule has 0 unspecified atom stereocenters. The van der Waals surface area contributed by atoms with Crippen LogP contribution < -0.4 is 15.0 Å². The number of carbonyl (C=O) groups excluding carboxylic acids is 2. The summed E-state index contributed by atoms with van der Waals surface area (Å²) in [7, 11) is 0. The summed E-state index contributed by atoms with van der Waals surface area (Å²) in [5.41, 5.74) is 1.95. The summed E-state index contributed by atoms with van der Waals surface area (Å²) in [6.45, 7) is 1.67. The van der Waals surface area contributed by atoms with Crippen molar-refractivity contribution in [3.8, 4) is 5.75 Å². The molecule has 1 N–H and O–H groups in total. The van der Waals surface area contributed by atoms with Crippen molar-refractivity contribution in [2.45, 2.75) is 6.92 Å². The molecule has 3 rings (SSSR count). The molecule has 2 aromatic carbocycles. The second-order valence-electron chi connectivity index (χ2n) is 5.39. The van der Waals surface area contributed by atoms with E-state index in [4.69, 9.17) is 27.9 Å². The van der Waals surface area contributed by atoms with E-state index in [1.165, 1.54) is 4.90 Å². The molecule has 0 saturated heterocycles. The van der Waals surface area contributed by atoms with Crippen LogP contribution in [-0.2, 0) is 9.59 Å². The van der Waals surface area contributed by atoms with E-state index in [0.717, 1.165) is 5.56 Å². The number of fused-ring (bicyclic) bond motifs is 1. The molecule has 2 amide bonds. The zero-order valence-corrected chi connectivity index (χ0v) is 14.3. The van der Waals surface area contributed by atoms with Gasteiger partial charge in [0.2, 0.25) is 5.91 Å². The number of amides is 2. The lowest BCUT2D eigenvalue weighted by molar-refractivity contribution is -0.123. The Morgan fingerprint density at radius 3 is 2.88 bits per heavy atom. The van der Waals surface area contributed by atoms with Crippen LogP contribution in [0.1, 0.15) is 5.56 Å². The van der Waals surface area contributed by atoms with Gasteiger partial charge < -0.3 is 10.1 Å². The number of rotatable bonds is 3. The highest BCUT2D eigenvalue weighted by Gasteiger charge is 2.27. The van der Waals surface area contributed by atoms with Gasteiger partial charge in [0.05, 0.1) is 21.4 Å². The highest BCUT2D eigenvalue weighted by molar-refractivity contribution is 6.44. The molecule has 1 heterocycles. The standard InChI is InChI=1S/C17H14Cl2N2O3/c1-10-5-6-14-13(7-10)21(16(23)9-24-14)8-15(22)20-12-4-2-3-11(18)17(12)19/h2-7H,8-9H2,1H3,(H,20,22). The first kappa shape index (κ1) is 16.6. The predicted octanol–water partition coefficient (Wildman–Crippen LogP) is 3.67. The Morgan fingerprint density at radius 2 is 2.08 bits per heavy atom. The Balaban J connectivity index is 1.80. The fourth-order valence-electron chi connectivity index (χ4n) is 2.42. The minimum absolute atomic E-state index is 0.0960. The third kappa shape index (κ3) is 3.32. The average Bonchev–Trinajstić information content (AvgIpc) is 2.55. The van der Waals surface area contributed by atoms with Crippen LogP contribution in [-0.4, -0.2) is 25.0 Å². The zero-order valence-electron chi connectivity index (χ0n) is 12.8. The van der Waals surface area contributed by atoms with E-state index in [1.807, 2.05) is 19.1 Å². The Kier molecular flexibility index (Phi) is 4.64. The summed E-state index contributed by atoms with van der Waals surface area (Å²) in [6, 6.07) is 10.4. The maximum atomic E-state index is 12.3. The van der Waals surface area contributed by atoms with Crippen molar-refractivity contribution in [3.05, 3.63) is 52.0 Å². The number of nitrogens with zero attached hydrogens (tertiary/aromatic N) is 1. The summed E-state index contributed by atoms with van der Waals surface area (Å²) in [5, 5.41) is 3.28. The topological polar surface area (TPSA) is 58.6 Å². The predicted molar refractivity (Wildman–Crippen MR) is 94.1 cm³/mol. The first-order valence-electron chi connectivity index (χ1n) is 7.23. The highest BCUT2D eigenvalue weighted by Crippen LogP contribution is 2.33. The van der Waals surface area contributed by atoms with Gasteiger partial charge in [-0.1, -0.05) is 35.3 Å². The van der Waals surface area contributed by atoms with Gasteiger partial charge >= 0.3 is 0 Å². The minimum atomic E-state index is -0.373. The van der Waals surface area contributed by atoms with Crippen LogP contribution >= 0.6 is 23.2 Å². The Hall–Kier alpha value is -2.24. The van der Waals surface area contributed by atoms with Crippen molar-refractivity contribution in [3.63, 3.8) is 0 Å². The Bertz CT molecular complexity index is 823. The fraction of sp³-hybridized carbons (Fsp3) is 0.176. The molecule has 0 bridgehead atoms. The van der Waals surface area contributed by atoms with Crippen LogP contribution in [0, 0.1) is 6.92 Å². The van der Waals surface area contributed by atoms with E-state index in [-0.39, 0.29) is 30.0 Å². The van der Waals surface area contributed by atoms with Gasteiger partial charge in [-0.15, -0.1) is 0 Å². The summed E-state index contributed by atoms with van der Waals surface area (Å²) in [6.07, 6.45) is 0. The van der Waals surface area contributed by atoms with E-state index in [0.29, 0.717) is 22.1 Å². The van der Waals surface area contributed by atoms with Crippen molar-refractivity contribution in [2.24, 2.45) is 0 Å². The number of hydrogen-bond donors (Lipinski definition) is 1. The molecule has 1 aliphatic rings. The summed E-state index contributed by atoms with van der Waals surface area (Å²) in [5.74, 6) is -0.0731. The molecule has 1 aliphatic heterocycles. The lowest BCUT2D eigenvalue weighted by Crippen LogP contribution is -2.43. The van der Waals surface area contributed by atoms with Crippen molar-refractivity contribution in [2.75, 3.05) is 23.4 Å². The number of benzene rings is 2. The van der Waals surface area contributed by atoms with Gasteiger partial charge in [0, 0.05) is 0 Å². The highest BCUT2D eigenvalue weighted by atomic mass is 35.5. The van der Waals surface area contributed by atoms with E-state index >= 15 is 0 Å². The smallest absolute Gasteiger partial charge is 0.265 e. The van der Waals surface area contributed by atoms with Gasteiger partial charge in [-0.05, 0) is 36.8 Å². The normalized spacial score (nSPS) is 13.3. The van der Waals surface area contributed by atoms with Crippen LogP contribution in [0.2, 0.25) is 10.0 Å². The molecule has 0 atom stereocenters. The molecule has 2 aromatic rings. The molecule has 7 heteroatoms. The summed E-state index contributed by atoms with van der Waals surface area (Å²) >= 11 is 12.0. The summed E-state index contributed by atoms with van der Waals surface area (Å²) in [4.78, 5) is 25.9. The lowest BCUT2D eigenvalue weighted by atomic mass is 10.1. The van der Waals surface area contributed by atoms with Gasteiger partial charge in [-0.25, -0.2) is 0 Å². The van der Waals surface area contributed by atoms with E-state index < -0.39 is 0 Å². The van der Waals surface area contributed by atoms with Crippen LogP contribution in [0.15, 0.2) is 36.4 Å². The SMILES string of the molecule is Cc1ccc2c(c1)N(CC(=O)Nc1cccc(Cl)c1Cl)C(=O)CO2. The number of ether oxygens (including phenoxy) is 1. The van der Waals surface area contributed by atoms with Crippen LogP contribution in [0.4, 0.5) is 11.4 Å². The fourth-order valence-corrected chi connectivity index (χ4v) is 2.77. The first-order chi connectivity index (χ1) is 11.5. The third-order valence-corrected chi connectivity index (χ3v) is 4.40. The number of aryl methyl sites for hydroxylation is 1. The number of nitrogens with one attached hydrogen (secondary N) is 1. The quantitative estimate of drug-likeness (QED) is 0.903. The first-order valence-corrected chi connectivity index (χ1v) is 7.99. The Morgan fingerprint density at radius 1 is 1.29 bits per heavy atom. The van der Waals surface area contributed by atoms with Gasteiger partial charge in [0.15, 0.2) is 6.61 Å². The molecule has 0 radical (unpaired) electrons. The summed E-state index contributed by atoms with van der Waals surface area (Å²) < 4.78 is 5.39. The van der Waals surface area contributed by atoms with Crippen molar-refractivity contribution >= 4 is 46.4 Å². The zero-order chi connectivity index (χ0) is 17.3. The molecule has 24 heavy (non-hydrogen) atoms. The number of halogens is 2. The number of anilines is 2. The number of carbonyl (C=O) groups is 2. The van der Waals surface area contributed by atoms with E-state index in [9.17, 15) is 9.59 Å². The van der Waals surface area contributed by atoms with Crippen LogP contribution in [0.5, 0.6) is 5.75 Å². The van der Waals surface area contributed by atoms with Crippen molar-refractivity contribution in [1.29, 1.82) is 0 Å². The lowest BCUT2D eigenvalue weighted by Gasteiger charge is -2.29. The van der Waals surface area contributed by atoms with Gasteiger partial charge in [-0.2, -0.15) is 0 Å². The maximum absolute atomic E-state index is 12.3. The largest absolute Gasteiger partial charge is 0.482 e. The van der Waals surface area contributed by atoms with Gasteiger partial charge in [0.1, 0.15) is 12.3 Å². The van der Waals surface area contributed by atoms with Crippen molar-refractivity contribution < 1.29 is 14.3 Å². The number of hydrogen-bond acceptors (Lipinski definition) is 3.